The molecule has 1 aliphatic rings. The maximum atomic E-state index is 5.97. The molecule has 0 bridgehead atoms. The highest BCUT2D eigenvalue weighted by Crippen LogP contribution is 2.18. The molecule has 2 heterocycles. The van der Waals surface area contributed by atoms with E-state index in [1.807, 2.05) is 41.3 Å². The third-order valence-corrected chi connectivity index (χ3v) is 3.36. The Kier molecular flexibility index (Phi) is 6.20. The molecule has 0 unspecified atom stereocenters. The summed E-state index contributed by atoms with van der Waals surface area (Å²) in [4.78, 5) is 6.37. The molecule has 0 amide bonds. The maximum Gasteiger partial charge on any atom is 0.191 e. The van der Waals surface area contributed by atoms with E-state index in [2.05, 4.69) is 10.1 Å². The molecule has 1 aromatic heterocycles. The Hall–Kier alpha value is -1.61. The van der Waals surface area contributed by atoms with Gasteiger partial charge < -0.3 is 19.9 Å². The van der Waals surface area contributed by atoms with E-state index in [1.54, 1.807) is 0 Å². The van der Waals surface area contributed by atoms with Crippen molar-refractivity contribution in [3.63, 3.8) is 0 Å². The van der Waals surface area contributed by atoms with E-state index in [4.69, 9.17) is 15.0 Å². The van der Waals surface area contributed by atoms with Gasteiger partial charge in [0.2, 0.25) is 0 Å². The summed E-state index contributed by atoms with van der Waals surface area (Å²) in [7, 11) is 0. The molecule has 0 radical (unpaired) electrons. The number of hydrogen-bond donors (Lipinski definition) is 1. The smallest absolute Gasteiger partial charge is 0.191 e. The van der Waals surface area contributed by atoms with Gasteiger partial charge in [-0.15, -0.1) is 24.0 Å². The van der Waals surface area contributed by atoms with Crippen molar-refractivity contribution in [1.82, 2.24) is 10.1 Å². The first-order chi connectivity index (χ1) is 10.3. The van der Waals surface area contributed by atoms with Crippen LogP contribution in [0.5, 0.6) is 0 Å². The standard InChI is InChI=1S/C15H18N4O2.HI/c16-15(19-6-8-20-9-7-19)17-11-13-10-14(18-21-13)12-4-2-1-3-5-12;/h1-5,10H,6-9,11H2,(H2,16,17);1H. The predicted molar refractivity (Wildman–Crippen MR) is 95.1 cm³/mol. The highest BCUT2D eigenvalue weighted by atomic mass is 127. The zero-order valence-electron chi connectivity index (χ0n) is 12.1. The van der Waals surface area contributed by atoms with Crippen molar-refractivity contribution < 1.29 is 9.26 Å². The highest BCUT2D eigenvalue weighted by Gasteiger charge is 2.12. The van der Waals surface area contributed by atoms with Gasteiger partial charge in [-0.1, -0.05) is 35.5 Å². The summed E-state index contributed by atoms with van der Waals surface area (Å²) in [6.45, 7) is 3.33. The second-order valence-corrected chi connectivity index (χ2v) is 4.82. The summed E-state index contributed by atoms with van der Waals surface area (Å²) in [5, 5.41) is 4.06. The van der Waals surface area contributed by atoms with Crippen LogP contribution < -0.4 is 5.73 Å². The molecule has 2 aromatic rings. The summed E-state index contributed by atoms with van der Waals surface area (Å²) in [6.07, 6.45) is 0. The van der Waals surface area contributed by atoms with Crippen LogP contribution in [-0.2, 0) is 11.3 Å². The molecule has 1 aliphatic heterocycles. The molecule has 118 valence electrons. The van der Waals surface area contributed by atoms with Crippen LogP contribution in [0.15, 0.2) is 45.9 Å². The number of benzene rings is 1. The Balaban J connectivity index is 0.00000176. The first kappa shape index (κ1) is 16.8. The number of hydrogen-bond acceptors (Lipinski definition) is 4. The molecule has 1 saturated heterocycles. The minimum atomic E-state index is 0. The minimum absolute atomic E-state index is 0. The number of aromatic nitrogens is 1. The maximum absolute atomic E-state index is 5.97. The lowest BCUT2D eigenvalue weighted by molar-refractivity contribution is 0.0674. The van der Waals surface area contributed by atoms with Crippen LogP contribution in [0, 0.1) is 0 Å². The molecule has 0 aliphatic carbocycles. The van der Waals surface area contributed by atoms with Crippen LogP contribution in [0.1, 0.15) is 5.76 Å². The number of rotatable bonds is 3. The van der Waals surface area contributed by atoms with E-state index in [9.17, 15) is 0 Å². The van der Waals surface area contributed by atoms with Crippen molar-refractivity contribution >= 4 is 29.9 Å². The van der Waals surface area contributed by atoms with Gasteiger partial charge >= 0.3 is 0 Å². The third kappa shape index (κ3) is 4.20. The number of guanidine groups is 1. The normalized spacial score (nSPS) is 15.5. The van der Waals surface area contributed by atoms with Gasteiger partial charge in [-0.05, 0) is 0 Å². The van der Waals surface area contributed by atoms with Crippen molar-refractivity contribution in [2.45, 2.75) is 6.54 Å². The number of nitrogens with two attached hydrogens (primary N) is 1. The SMILES string of the molecule is I.NC(=NCc1cc(-c2ccccc2)no1)N1CCOCC1. The van der Waals surface area contributed by atoms with Gasteiger partial charge in [0.05, 0.1) is 13.2 Å². The van der Waals surface area contributed by atoms with Crippen LogP contribution in [0.25, 0.3) is 11.3 Å². The second-order valence-electron chi connectivity index (χ2n) is 4.82. The van der Waals surface area contributed by atoms with Crippen molar-refractivity contribution in [3.8, 4) is 11.3 Å². The molecular formula is C15H19IN4O2. The van der Waals surface area contributed by atoms with Gasteiger partial charge in [0, 0.05) is 24.7 Å². The Morgan fingerprint density at radius 3 is 2.68 bits per heavy atom. The summed E-state index contributed by atoms with van der Waals surface area (Å²) in [6, 6.07) is 11.8. The average molecular weight is 414 g/mol. The van der Waals surface area contributed by atoms with E-state index in [0.717, 1.165) is 24.3 Å². The molecule has 3 rings (SSSR count). The minimum Gasteiger partial charge on any atom is -0.378 e. The van der Waals surface area contributed by atoms with E-state index >= 15 is 0 Å². The van der Waals surface area contributed by atoms with Gasteiger partial charge in [0.15, 0.2) is 11.7 Å². The number of aliphatic imine (C=N–C) groups is 1. The van der Waals surface area contributed by atoms with Crippen molar-refractivity contribution in [2.24, 2.45) is 10.7 Å². The lowest BCUT2D eigenvalue weighted by Gasteiger charge is -2.27. The number of halogens is 1. The summed E-state index contributed by atoms with van der Waals surface area (Å²) in [5.74, 6) is 1.22. The number of ether oxygens (including phenoxy) is 1. The van der Waals surface area contributed by atoms with Crippen LogP contribution >= 0.6 is 24.0 Å². The zero-order chi connectivity index (χ0) is 14.5. The van der Waals surface area contributed by atoms with Crippen LogP contribution in [0.2, 0.25) is 0 Å². The predicted octanol–water partition coefficient (Wildman–Crippen LogP) is 2.11. The average Bonchev–Trinajstić information content (AvgIpc) is 3.03. The van der Waals surface area contributed by atoms with Gasteiger partial charge in [0.25, 0.3) is 0 Å². The molecule has 22 heavy (non-hydrogen) atoms. The highest BCUT2D eigenvalue weighted by molar-refractivity contribution is 14.0. The Labute approximate surface area is 146 Å². The van der Waals surface area contributed by atoms with Crippen LogP contribution in [-0.4, -0.2) is 42.3 Å². The number of nitrogens with zero attached hydrogens (tertiary/aromatic N) is 3. The monoisotopic (exact) mass is 414 g/mol. The Morgan fingerprint density at radius 1 is 1.23 bits per heavy atom. The quantitative estimate of drug-likeness (QED) is 0.473. The van der Waals surface area contributed by atoms with Crippen molar-refractivity contribution in [1.29, 1.82) is 0 Å². The third-order valence-electron chi connectivity index (χ3n) is 3.36. The fourth-order valence-corrected chi connectivity index (χ4v) is 2.18. The zero-order valence-corrected chi connectivity index (χ0v) is 14.5. The first-order valence-corrected chi connectivity index (χ1v) is 6.96. The van der Waals surface area contributed by atoms with Gasteiger partial charge in [-0.25, -0.2) is 4.99 Å². The molecule has 1 aromatic carbocycles. The molecular weight excluding hydrogens is 395 g/mol. The topological polar surface area (TPSA) is 76.9 Å². The van der Waals surface area contributed by atoms with Crippen molar-refractivity contribution in [3.05, 3.63) is 42.2 Å². The van der Waals surface area contributed by atoms with Gasteiger partial charge in [-0.3, -0.25) is 0 Å². The fraction of sp³-hybridized carbons (Fsp3) is 0.333. The van der Waals surface area contributed by atoms with Gasteiger partial charge in [0.1, 0.15) is 12.2 Å². The largest absolute Gasteiger partial charge is 0.378 e. The summed E-state index contributed by atoms with van der Waals surface area (Å²) >= 11 is 0. The van der Waals surface area contributed by atoms with E-state index in [-0.39, 0.29) is 24.0 Å². The molecule has 6 nitrogen and oxygen atoms in total. The number of morpholine rings is 1. The molecule has 7 heteroatoms. The molecule has 0 atom stereocenters. The summed E-state index contributed by atoms with van der Waals surface area (Å²) in [5.41, 5.74) is 7.81. The van der Waals surface area contributed by atoms with Crippen molar-refractivity contribution in [2.75, 3.05) is 26.3 Å². The molecule has 0 saturated carbocycles. The Bertz CT molecular complexity index is 609. The molecule has 0 spiro atoms. The van der Waals surface area contributed by atoms with E-state index in [0.29, 0.717) is 31.5 Å². The Morgan fingerprint density at radius 2 is 1.95 bits per heavy atom. The van der Waals surface area contributed by atoms with Crippen LogP contribution in [0.4, 0.5) is 0 Å². The first-order valence-electron chi connectivity index (χ1n) is 6.96. The second kappa shape index (κ2) is 8.14. The summed E-state index contributed by atoms with van der Waals surface area (Å²) < 4.78 is 10.6. The van der Waals surface area contributed by atoms with E-state index in [1.165, 1.54) is 0 Å². The molecule has 2 N–H and O–H groups in total. The van der Waals surface area contributed by atoms with Gasteiger partial charge in [-0.2, -0.15) is 0 Å². The lowest BCUT2D eigenvalue weighted by atomic mass is 10.1. The molecule has 1 fully saturated rings. The fourth-order valence-electron chi connectivity index (χ4n) is 2.18. The van der Waals surface area contributed by atoms with Crippen LogP contribution in [0.3, 0.4) is 0 Å². The lowest BCUT2D eigenvalue weighted by Crippen LogP contribution is -2.44. The van der Waals surface area contributed by atoms with E-state index < -0.39 is 0 Å².